The Bertz CT molecular complexity index is 1030. The molecule has 0 spiro atoms. The third-order valence-corrected chi connectivity index (χ3v) is 5.21. The third-order valence-electron chi connectivity index (χ3n) is 3.67. The first kappa shape index (κ1) is 17.3. The van der Waals surface area contributed by atoms with Gasteiger partial charge in [-0.15, -0.1) is 0 Å². The van der Waals surface area contributed by atoms with Gasteiger partial charge < -0.3 is 9.72 Å². The summed E-state index contributed by atoms with van der Waals surface area (Å²) in [6.45, 7) is 1.98. The van der Waals surface area contributed by atoms with Crippen molar-refractivity contribution in [2.24, 2.45) is 0 Å². The summed E-state index contributed by atoms with van der Waals surface area (Å²) in [5.41, 5.74) is -3.21. The van der Waals surface area contributed by atoms with Crippen LogP contribution in [0.15, 0.2) is 53.7 Å². The number of hydrogen-bond donors (Lipinski definition) is 1. The van der Waals surface area contributed by atoms with Crippen LogP contribution < -0.4 is 5.32 Å². The van der Waals surface area contributed by atoms with E-state index in [1.54, 1.807) is 16.8 Å². The van der Waals surface area contributed by atoms with Crippen LogP contribution in [0.3, 0.4) is 0 Å². The molecule has 9 heteroatoms. The Kier molecular flexibility index (Phi) is 4.19. The Balaban J connectivity index is 1.90. The summed E-state index contributed by atoms with van der Waals surface area (Å²) in [7, 11) is -5.43. The van der Waals surface area contributed by atoms with Crippen molar-refractivity contribution in [3.8, 4) is 0 Å². The van der Waals surface area contributed by atoms with Crippen LogP contribution in [0.2, 0.25) is 0 Å². The molecule has 0 aliphatic carbocycles. The lowest BCUT2D eigenvalue weighted by Crippen LogP contribution is -2.24. The Morgan fingerprint density at radius 3 is 2.56 bits per heavy atom. The monoisotopic (exact) mass is 369 g/mol. The lowest BCUT2D eigenvalue weighted by Gasteiger charge is -2.13. The molecule has 0 aliphatic rings. The van der Waals surface area contributed by atoms with Crippen molar-refractivity contribution < 1.29 is 21.6 Å². The van der Waals surface area contributed by atoms with Crippen LogP contribution in [0, 0.1) is 6.92 Å². The van der Waals surface area contributed by atoms with Crippen LogP contribution in [-0.2, 0) is 16.4 Å². The molecular weight excluding hydrogens is 355 g/mol. The van der Waals surface area contributed by atoms with Gasteiger partial charge in [0, 0.05) is 12.4 Å². The topological polar surface area (TPSA) is 63.5 Å². The zero-order valence-electron chi connectivity index (χ0n) is 13.1. The molecule has 0 radical (unpaired) electrons. The molecule has 0 aliphatic heterocycles. The second-order valence-corrected chi connectivity index (χ2v) is 7.36. The Hall–Kier alpha value is -2.55. The summed E-state index contributed by atoms with van der Waals surface area (Å²) < 4.78 is 63.6. The molecule has 0 saturated heterocycles. The maximum absolute atomic E-state index is 12.8. The third kappa shape index (κ3) is 3.19. The normalized spacial score (nSPS) is 12.5. The molecule has 0 unspecified atom stereocenters. The number of aryl methyl sites for hydroxylation is 1. The van der Waals surface area contributed by atoms with Crippen molar-refractivity contribution in [3.63, 3.8) is 0 Å². The lowest BCUT2D eigenvalue weighted by molar-refractivity contribution is -0.0435. The number of sulfone groups is 1. The van der Waals surface area contributed by atoms with Crippen molar-refractivity contribution in [1.29, 1.82) is 0 Å². The van der Waals surface area contributed by atoms with E-state index in [0.29, 0.717) is 5.69 Å². The summed E-state index contributed by atoms with van der Waals surface area (Å²) >= 11 is 0. The molecular formula is C16H14F3N3O2S. The van der Waals surface area contributed by atoms with Crippen molar-refractivity contribution in [2.45, 2.75) is 23.9 Å². The molecule has 2 heterocycles. The number of nitrogens with zero attached hydrogens (tertiary/aromatic N) is 2. The van der Waals surface area contributed by atoms with Gasteiger partial charge in [0.2, 0.25) is 0 Å². The van der Waals surface area contributed by atoms with Crippen LogP contribution in [-0.4, -0.2) is 23.3 Å². The number of hydrogen-bond acceptors (Lipinski definition) is 4. The average molecular weight is 369 g/mol. The van der Waals surface area contributed by atoms with Crippen LogP contribution in [0.4, 0.5) is 18.9 Å². The standard InChI is InChI=1S/C16H14F3N3O2S/c1-11-5-4-8-22-10-12(21-15(11)22)9-20-13-6-2-3-7-14(13)25(23,24)16(17,18)19/h2-8,10,20H,9H2,1H3. The summed E-state index contributed by atoms with van der Waals surface area (Å²) in [6.07, 6.45) is 3.54. The number of halogens is 3. The molecule has 0 atom stereocenters. The Morgan fingerprint density at radius 1 is 1.16 bits per heavy atom. The number of para-hydroxylation sites is 1. The van der Waals surface area contributed by atoms with E-state index in [-0.39, 0.29) is 12.2 Å². The fourth-order valence-electron chi connectivity index (χ4n) is 2.45. The number of rotatable bonds is 4. The summed E-state index contributed by atoms with van der Waals surface area (Å²) in [5.74, 6) is 0. The van der Waals surface area contributed by atoms with Gasteiger partial charge in [-0.2, -0.15) is 13.2 Å². The minimum Gasteiger partial charge on any atom is -0.378 e. The number of benzene rings is 1. The van der Waals surface area contributed by atoms with Gasteiger partial charge >= 0.3 is 5.51 Å². The minimum absolute atomic E-state index is 0.0888. The van der Waals surface area contributed by atoms with Gasteiger partial charge in [0.1, 0.15) is 5.65 Å². The highest BCUT2D eigenvalue weighted by Gasteiger charge is 2.47. The second-order valence-electron chi connectivity index (χ2n) is 5.45. The van der Waals surface area contributed by atoms with Crippen LogP contribution in [0.5, 0.6) is 0 Å². The molecule has 0 fully saturated rings. The number of imidazole rings is 1. The number of aromatic nitrogens is 2. The lowest BCUT2D eigenvalue weighted by atomic mass is 10.3. The van der Waals surface area contributed by atoms with E-state index in [1.165, 1.54) is 18.2 Å². The van der Waals surface area contributed by atoms with Crippen molar-refractivity contribution in [1.82, 2.24) is 9.38 Å². The number of pyridine rings is 1. The highest BCUT2D eigenvalue weighted by atomic mass is 32.2. The molecule has 3 rings (SSSR count). The quantitative estimate of drug-likeness (QED) is 0.764. The largest absolute Gasteiger partial charge is 0.501 e. The molecule has 132 valence electrons. The van der Waals surface area contributed by atoms with E-state index in [0.717, 1.165) is 17.3 Å². The Labute approximate surface area is 142 Å². The van der Waals surface area contributed by atoms with E-state index >= 15 is 0 Å². The van der Waals surface area contributed by atoms with Gasteiger partial charge in [0.05, 0.1) is 22.8 Å². The highest BCUT2D eigenvalue weighted by molar-refractivity contribution is 7.92. The molecule has 2 aromatic heterocycles. The van der Waals surface area contributed by atoms with Crippen LogP contribution in [0.25, 0.3) is 5.65 Å². The summed E-state index contributed by atoms with van der Waals surface area (Å²) in [5, 5.41) is 2.73. The average Bonchev–Trinajstić information content (AvgIpc) is 2.97. The van der Waals surface area contributed by atoms with Crippen LogP contribution in [0.1, 0.15) is 11.3 Å². The molecule has 1 N–H and O–H groups in total. The SMILES string of the molecule is Cc1cccn2cc(CNc3ccccc3S(=O)(=O)C(F)(F)F)nc12. The molecule has 25 heavy (non-hydrogen) atoms. The molecule has 1 aromatic carbocycles. The van der Waals surface area contributed by atoms with Gasteiger partial charge in [0.25, 0.3) is 9.84 Å². The van der Waals surface area contributed by atoms with Crippen molar-refractivity contribution in [2.75, 3.05) is 5.32 Å². The zero-order chi connectivity index (χ0) is 18.2. The van der Waals surface area contributed by atoms with E-state index in [9.17, 15) is 21.6 Å². The van der Waals surface area contributed by atoms with E-state index in [4.69, 9.17) is 0 Å². The van der Waals surface area contributed by atoms with Gasteiger partial charge in [-0.25, -0.2) is 13.4 Å². The predicted octanol–water partition coefficient (Wildman–Crippen LogP) is 3.55. The number of fused-ring (bicyclic) bond motifs is 1. The summed E-state index contributed by atoms with van der Waals surface area (Å²) in [4.78, 5) is 3.59. The first-order valence-electron chi connectivity index (χ1n) is 7.27. The smallest absolute Gasteiger partial charge is 0.378 e. The molecule has 5 nitrogen and oxygen atoms in total. The summed E-state index contributed by atoms with van der Waals surface area (Å²) in [6, 6.07) is 8.68. The minimum atomic E-state index is -5.43. The van der Waals surface area contributed by atoms with Gasteiger partial charge in [-0.05, 0) is 30.7 Å². The predicted molar refractivity (Wildman–Crippen MR) is 86.9 cm³/mol. The van der Waals surface area contributed by atoms with E-state index < -0.39 is 20.2 Å². The van der Waals surface area contributed by atoms with Gasteiger partial charge in [-0.3, -0.25) is 0 Å². The molecule has 0 saturated carbocycles. The van der Waals surface area contributed by atoms with E-state index in [1.807, 2.05) is 19.1 Å². The number of alkyl halides is 3. The van der Waals surface area contributed by atoms with Crippen LogP contribution >= 0.6 is 0 Å². The zero-order valence-corrected chi connectivity index (χ0v) is 13.9. The Morgan fingerprint density at radius 2 is 1.88 bits per heavy atom. The van der Waals surface area contributed by atoms with Gasteiger partial charge in [-0.1, -0.05) is 18.2 Å². The van der Waals surface area contributed by atoms with Crippen molar-refractivity contribution in [3.05, 3.63) is 60.0 Å². The highest BCUT2D eigenvalue weighted by Crippen LogP contribution is 2.34. The molecule has 0 bridgehead atoms. The fourth-order valence-corrected chi connectivity index (χ4v) is 3.38. The maximum Gasteiger partial charge on any atom is 0.501 e. The van der Waals surface area contributed by atoms with Gasteiger partial charge in [0.15, 0.2) is 0 Å². The number of anilines is 1. The fraction of sp³-hybridized carbons (Fsp3) is 0.188. The maximum atomic E-state index is 12.8. The number of nitrogens with one attached hydrogen (secondary N) is 1. The molecule has 3 aromatic rings. The second kappa shape index (κ2) is 6.07. The van der Waals surface area contributed by atoms with Crippen molar-refractivity contribution >= 4 is 21.2 Å². The van der Waals surface area contributed by atoms with E-state index in [2.05, 4.69) is 10.3 Å². The first-order chi connectivity index (χ1) is 11.7. The molecule has 0 amide bonds. The first-order valence-corrected chi connectivity index (χ1v) is 8.76.